The third kappa shape index (κ3) is 4.31. The summed E-state index contributed by atoms with van der Waals surface area (Å²) in [7, 11) is 0. The lowest BCUT2D eigenvalue weighted by atomic mass is 10.0. The van der Waals surface area contributed by atoms with Gasteiger partial charge < -0.3 is 19.6 Å². The monoisotopic (exact) mass is 454 g/mol. The molecule has 0 radical (unpaired) electrons. The van der Waals surface area contributed by atoms with Gasteiger partial charge in [0.2, 0.25) is 0 Å². The van der Waals surface area contributed by atoms with E-state index in [1.807, 2.05) is 17.9 Å². The minimum Gasteiger partial charge on any atom is -0.456 e. The molecule has 12 heteroatoms. The van der Waals surface area contributed by atoms with Crippen LogP contribution in [0.25, 0.3) is 5.82 Å². The standard InChI is InChI=1S/C21H26N8O4/c1-14-10-27(21(32)29(14)17-8-20(31)33-12-17)16-4-6-26(7-5-16)11-18(30)15-2-3-19(22-9-15)28-13-23-24-25-28/h2-3,8-9,13-14,16,18,30H,4-7,10-12H2,1H3. The van der Waals surface area contributed by atoms with E-state index in [4.69, 9.17) is 4.74 Å². The van der Waals surface area contributed by atoms with E-state index in [0.29, 0.717) is 24.6 Å². The normalized spacial score (nSPS) is 23.2. The number of carbonyl (C=O) groups excluding carboxylic acids is 2. The Kier molecular flexibility index (Phi) is 5.77. The van der Waals surface area contributed by atoms with Gasteiger partial charge in [0, 0.05) is 50.1 Å². The Morgan fingerprint density at radius 1 is 1.24 bits per heavy atom. The summed E-state index contributed by atoms with van der Waals surface area (Å²) in [6.07, 6.45) is 5.53. The van der Waals surface area contributed by atoms with E-state index in [-0.39, 0.29) is 24.7 Å². The van der Waals surface area contributed by atoms with E-state index >= 15 is 0 Å². The van der Waals surface area contributed by atoms with E-state index in [1.54, 1.807) is 17.2 Å². The number of hydrogen-bond acceptors (Lipinski definition) is 9. The molecule has 2 aromatic heterocycles. The topological polar surface area (TPSA) is 130 Å². The van der Waals surface area contributed by atoms with Crippen LogP contribution in [-0.4, -0.2) is 102 Å². The van der Waals surface area contributed by atoms with Crippen LogP contribution in [0, 0.1) is 0 Å². The molecule has 1 N–H and O–H groups in total. The molecular formula is C21H26N8O4. The SMILES string of the molecule is CC1CN(C2CCN(CC(O)c3ccc(-n4cnnn4)nc3)CC2)C(=O)N1C1=CC(=O)OC1. The van der Waals surface area contributed by atoms with Crippen molar-refractivity contribution in [3.63, 3.8) is 0 Å². The number of amides is 2. The summed E-state index contributed by atoms with van der Waals surface area (Å²) in [6, 6.07) is 3.69. The predicted octanol–water partition coefficient (Wildman–Crippen LogP) is 0.122. The smallest absolute Gasteiger partial charge is 0.333 e. The number of urea groups is 1. The number of β-amino-alcohol motifs (C(OH)–C–C–N with tert-alkyl or cyclic N) is 1. The Labute approximate surface area is 190 Å². The van der Waals surface area contributed by atoms with Gasteiger partial charge in [0.25, 0.3) is 0 Å². The molecule has 0 aliphatic carbocycles. The number of carbonyl (C=O) groups is 2. The highest BCUT2D eigenvalue weighted by Gasteiger charge is 2.42. The third-order valence-electron chi connectivity index (χ3n) is 6.48. The number of esters is 1. The molecule has 2 fully saturated rings. The van der Waals surface area contributed by atoms with Crippen molar-refractivity contribution in [1.29, 1.82) is 0 Å². The van der Waals surface area contributed by atoms with Crippen LogP contribution in [0.1, 0.15) is 31.4 Å². The van der Waals surface area contributed by atoms with Crippen molar-refractivity contribution in [2.75, 3.05) is 32.8 Å². The number of aliphatic hydroxyl groups is 1. The second-order valence-electron chi connectivity index (χ2n) is 8.65. The number of likely N-dealkylation sites (tertiary alicyclic amines) is 1. The highest BCUT2D eigenvalue weighted by Crippen LogP contribution is 2.29. The molecule has 2 amide bonds. The molecule has 0 bridgehead atoms. The molecule has 2 aromatic rings. The van der Waals surface area contributed by atoms with Crippen LogP contribution in [0.2, 0.25) is 0 Å². The van der Waals surface area contributed by atoms with E-state index < -0.39 is 12.1 Å². The van der Waals surface area contributed by atoms with Gasteiger partial charge >= 0.3 is 12.0 Å². The van der Waals surface area contributed by atoms with Crippen molar-refractivity contribution in [3.05, 3.63) is 42.0 Å². The summed E-state index contributed by atoms with van der Waals surface area (Å²) < 4.78 is 6.43. The summed E-state index contributed by atoms with van der Waals surface area (Å²) in [5, 5.41) is 21.7. The number of nitrogens with zero attached hydrogens (tertiary/aromatic N) is 8. The minimum absolute atomic E-state index is 0.00174. The molecule has 0 spiro atoms. The van der Waals surface area contributed by atoms with Crippen LogP contribution in [0.5, 0.6) is 0 Å². The molecule has 0 aromatic carbocycles. The van der Waals surface area contributed by atoms with Crippen molar-refractivity contribution in [2.45, 2.75) is 38.0 Å². The molecule has 3 aliphatic heterocycles. The maximum absolute atomic E-state index is 13.0. The maximum atomic E-state index is 13.0. The Bertz CT molecular complexity index is 1030. The lowest BCUT2D eigenvalue weighted by Gasteiger charge is -2.37. The summed E-state index contributed by atoms with van der Waals surface area (Å²) in [5.41, 5.74) is 1.37. The summed E-state index contributed by atoms with van der Waals surface area (Å²) in [6.45, 7) is 4.87. The summed E-state index contributed by atoms with van der Waals surface area (Å²) in [4.78, 5) is 34.6. The quantitative estimate of drug-likeness (QED) is 0.605. The first kappa shape index (κ1) is 21.5. The molecule has 3 aliphatic rings. The van der Waals surface area contributed by atoms with Gasteiger partial charge in [0.05, 0.1) is 17.8 Å². The number of cyclic esters (lactones) is 1. The van der Waals surface area contributed by atoms with Crippen LogP contribution >= 0.6 is 0 Å². The molecule has 5 rings (SSSR count). The fourth-order valence-electron chi connectivity index (χ4n) is 4.75. The average Bonchev–Trinajstić information content (AvgIpc) is 3.56. The first-order valence-corrected chi connectivity index (χ1v) is 11.1. The Balaban J connectivity index is 1.14. The number of pyridine rings is 1. The number of aromatic nitrogens is 5. The molecular weight excluding hydrogens is 428 g/mol. The van der Waals surface area contributed by atoms with Gasteiger partial charge in [0.15, 0.2) is 5.82 Å². The van der Waals surface area contributed by atoms with Gasteiger partial charge in [0.1, 0.15) is 12.9 Å². The minimum atomic E-state index is -0.659. The molecule has 12 nitrogen and oxygen atoms in total. The average molecular weight is 454 g/mol. The lowest BCUT2D eigenvalue weighted by Crippen LogP contribution is -2.47. The molecule has 174 valence electrons. The molecule has 5 heterocycles. The Morgan fingerprint density at radius 2 is 2.06 bits per heavy atom. The second kappa shape index (κ2) is 8.87. The summed E-state index contributed by atoms with van der Waals surface area (Å²) in [5.74, 6) is 0.190. The number of piperidine rings is 1. The number of aliphatic hydroxyl groups excluding tert-OH is 1. The fraction of sp³-hybridized carbons (Fsp3) is 0.524. The Hall–Kier alpha value is -3.38. The van der Waals surface area contributed by atoms with Gasteiger partial charge in [-0.3, -0.25) is 4.90 Å². The van der Waals surface area contributed by atoms with Gasteiger partial charge in [-0.25, -0.2) is 14.6 Å². The third-order valence-corrected chi connectivity index (χ3v) is 6.48. The highest BCUT2D eigenvalue weighted by molar-refractivity contribution is 5.88. The number of hydrogen-bond donors (Lipinski definition) is 1. The van der Waals surface area contributed by atoms with Gasteiger partial charge in [-0.15, -0.1) is 5.10 Å². The molecule has 2 saturated heterocycles. The largest absolute Gasteiger partial charge is 0.456 e. The van der Waals surface area contributed by atoms with E-state index in [2.05, 4.69) is 25.4 Å². The molecule has 0 saturated carbocycles. The van der Waals surface area contributed by atoms with E-state index in [0.717, 1.165) is 31.5 Å². The molecule has 2 unspecified atom stereocenters. The van der Waals surface area contributed by atoms with E-state index in [9.17, 15) is 14.7 Å². The molecule has 33 heavy (non-hydrogen) atoms. The zero-order chi connectivity index (χ0) is 22.9. The van der Waals surface area contributed by atoms with Crippen molar-refractivity contribution >= 4 is 12.0 Å². The van der Waals surface area contributed by atoms with Gasteiger partial charge in [-0.2, -0.15) is 4.68 Å². The zero-order valence-electron chi connectivity index (χ0n) is 18.3. The number of rotatable bonds is 6. The molecule has 2 atom stereocenters. The highest BCUT2D eigenvalue weighted by atomic mass is 16.5. The number of ether oxygens (including phenoxy) is 1. The first-order valence-electron chi connectivity index (χ1n) is 11.1. The predicted molar refractivity (Wildman–Crippen MR) is 114 cm³/mol. The fourth-order valence-corrected chi connectivity index (χ4v) is 4.75. The zero-order valence-corrected chi connectivity index (χ0v) is 18.3. The van der Waals surface area contributed by atoms with Crippen LogP contribution in [-0.2, 0) is 9.53 Å². The Morgan fingerprint density at radius 3 is 2.70 bits per heavy atom. The van der Waals surface area contributed by atoms with Crippen LogP contribution < -0.4 is 0 Å². The second-order valence-corrected chi connectivity index (χ2v) is 8.65. The van der Waals surface area contributed by atoms with Crippen LogP contribution in [0.15, 0.2) is 36.4 Å². The van der Waals surface area contributed by atoms with Crippen LogP contribution in [0.4, 0.5) is 4.79 Å². The van der Waals surface area contributed by atoms with E-state index in [1.165, 1.54) is 17.1 Å². The van der Waals surface area contributed by atoms with Crippen molar-refractivity contribution in [2.24, 2.45) is 0 Å². The maximum Gasteiger partial charge on any atom is 0.333 e. The lowest BCUT2D eigenvalue weighted by molar-refractivity contribution is -0.135. The van der Waals surface area contributed by atoms with Gasteiger partial charge in [-0.05, 0) is 36.3 Å². The van der Waals surface area contributed by atoms with Crippen molar-refractivity contribution in [1.82, 2.24) is 39.9 Å². The van der Waals surface area contributed by atoms with Crippen LogP contribution in [0.3, 0.4) is 0 Å². The van der Waals surface area contributed by atoms with Crippen molar-refractivity contribution < 1.29 is 19.4 Å². The van der Waals surface area contributed by atoms with Gasteiger partial charge in [-0.1, -0.05) is 6.07 Å². The first-order chi connectivity index (χ1) is 16.0. The van der Waals surface area contributed by atoms with Crippen molar-refractivity contribution in [3.8, 4) is 5.82 Å². The summed E-state index contributed by atoms with van der Waals surface area (Å²) >= 11 is 0. The number of tetrazole rings is 1.